The maximum absolute atomic E-state index is 12.4. The van der Waals surface area contributed by atoms with Crippen molar-refractivity contribution in [2.24, 2.45) is 23.2 Å². The van der Waals surface area contributed by atoms with Gasteiger partial charge in [0.2, 0.25) is 0 Å². The lowest BCUT2D eigenvalue weighted by Crippen LogP contribution is -2.69. The van der Waals surface area contributed by atoms with Crippen LogP contribution in [0.15, 0.2) is 36.3 Å². The average Bonchev–Trinajstić information content (AvgIpc) is 2.89. The Labute approximate surface area is 173 Å². The van der Waals surface area contributed by atoms with E-state index in [4.69, 9.17) is 4.65 Å². The normalized spacial score (nSPS) is 37.9. The molecule has 1 N–H and O–H groups in total. The van der Waals surface area contributed by atoms with Crippen molar-refractivity contribution in [2.45, 2.75) is 40.0 Å². The molecule has 4 fully saturated rings. The number of quaternary nitrogens is 1. The zero-order valence-corrected chi connectivity index (χ0v) is 17.7. The van der Waals surface area contributed by atoms with Crippen molar-refractivity contribution >= 4 is 24.5 Å². The number of nitrogens with zero attached hydrogens (tertiary/aromatic N) is 1. The SMILES string of the molecule is CC(=O)C[N+]1(C[C@H]2CC[C@@H]3C[C@H]2C3(C)C)CC(=O)O[B-]1(O)C=Cc1ccccc1. The van der Waals surface area contributed by atoms with Crippen LogP contribution >= 0.6 is 0 Å². The molecule has 156 valence electrons. The number of carbonyl (C=O) groups excluding carboxylic acids is 2. The molecule has 0 radical (unpaired) electrons. The Morgan fingerprint density at radius 3 is 2.66 bits per heavy atom. The van der Waals surface area contributed by atoms with E-state index in [1.807, 2.05) is 30.3 Å². The van der Waals surface area contributed by atoms with E-state index in [1.54, 1.807) is 12.1 Å². The van der Waals surface area contributed by atoms with Gasteiger partial charge in [0.1, 0.15) is 13.1 Å². The minimum atomic E-state index is -2.63. The molecule has 2 unspecified atom stereocenters. The molecule has 1 aromatic carbocycles. The summed E-state index contributed by atoms with van der Waals surface area (Å²) in [6.07, 6.45) is 5.31. The van der Waals surface area contributed by atoms with Gasteiger partial charge in [0, 0.05) is 19.4 Å². The van der Waals surface area contributed by atoms with Crippen molar-refractivity contribution < 1.29 is 23.7 Å². The van der Waals surface area contributed by atoms with Gasteiger partial charge in [-0.05, 0) is 42.1 Å². The van der Waals surface area contributed by atoms with Crippen molar-refractivity contribution in [3.05, 3.63) is 41.9 Å². The zero-order valence-electron chi connectivity index (χ0n) is 17.7. The molecule has 4 aliphatic rings. The lowest BCUT2D eigenvalue weighted by Gasteiger charge is -2.62. The predicted molar refractivity (Wildman–Crippen MR) is 113 cm³/mol. The van der Waals surface area contributed by atoms with Crippen LogP contribution in [0, 0.1) is 23.2 Å². The number of hydrogen-bond acceptors (Lipinski definition) is 4. The lowest BCUT2D eigenvalue weighted by molar-refractivity contribution is -0.828. The second-order valence-corrected chi connectivity index (χ2v) is 10.1. The Morgan fingerprint density at radius 2 is 2.03 bits per heavy atom. The van der Waals surface area contributed by atoms with E-state index in [1.165, 1.54) is 19.8 Å². The first-order chi connectivity index (χ1) is 13.7. The monoisotopic (exact) mass is 397 g/mol. The van der Waals surface area contributed by atoms with E-state index in [0.717, 1.165) is 17.9 Å². The van der Waals surface area contributed by atoms with Crippen molar-refractivity contribution in [1.29, 1.82) is 0 Å². The molecule has 2 bridgehead atoms. The fraction of sp³-hybridized carbons (Fsp3) is 0.565. The van der Waals surface area contributed by atoms with Gasteiger partial charge in [-0.2, -0.15) is 0 Å². The Bertz CT molecular complexity index is 837. The van der Waals surface area contributed by atoms with E-state index in [9.17, 15) is 14.6 Å². The number of Topliss-reactive ketones (excluding diaryl/α,β-unsaturated/α-hetero) is 1. The van der Waals surface area contributed by atoms with Crippen LogP contribution in [0.25, 0.3) is 6.08 Å². The van der Waals surface area contributed by atoms with E-state index < -0.39 is 12.7 Å². The Morgan fingerprint density at radius 1 is 1.31 bits per heavy atom. The van der Waals surface area contributed by atoms with E-state index in [0.29, 0.717) is 23.8 Å². The smallest absolute Gasteiger partial charge is 0.549 e. The highest BCUT2D eigenvalue weighted by Crippen LogP contribution is 2.61. The standard InChI is InChI=1S/C23H32BNO4/c1-17(26)14-25(15-19-9-10-20-13-21(19)23(20,2)3)16-22(27)29-24(25,28)12-11-18-7-5-4-6-8-18/h4-8,11-12,19-21,28H,9-10,13-16H2,1-3H3/t19-,20-,21-,24?,25?/m1/s1. The molecule has 5 nitrogen and oxygen atoms in total. The van der Waals surface area contributed by atoms with Gasteiger partial charge in [0.05, 0.1) is 0 Å². The quantitative estimate of drug-likeness (QED) is 0.749. The molecule has 3 saturated carbocycles. The van der Waals surface area contributed by atoms with Gasteiger partial charge in [-0.3, -0.25) is 9.59 Å². The van der Waals surface area contributed by atoms with E-state index in [-0.39, 0.29) is 23.3 Å². The van der Waals surface area contributed by atoms with Crippen LogP contribution in [0.4, 0.5) is 0 Å². The Balaban J connectivity index is 1.66. The van der Waals surface area contributed by atoms with Crippen molar-refractivity contribution in [1.82, 2.24) is 0 Å². The van der Waals surface area contributed by atoms with Gasteiger partial charge >= 0.3 is 12.7 Å². The second-order valence-electron chi connectivity index (χ2n) is 10.1. The summed E-state index contributed by atoms with van der Waals surface area (Å²) < 4.78 is 5.55. The summed E-state index contributed by atoms with van der Waals surface area (Å²) in [5.41, 5.74) is 1.23. The van der Waals surface area contributed by atoms with Crippen LogP contribution in [0.5, 0.6) is 0 Å². The first kappa shape index (κ1) is 20.4. The van der Waals surface area contributed by atoms with Crippen LogP contribution in [-0.4, -0.2) is 47.5 Å². The molecule has 29 heavy (non-hydrogen) atoms. The van der Waals surface area contributed by atoms with Crippen LogP contribution in [0.3, 0.4) is 0 Å². The van der Waals surface area contributed by atoms with Gasteiger partial charge in [0.25, 0.3) is 0 Å². The highest BCUT2D eigenvalue weighted by molar-refractivity contribution is 6.67. The number of hydrogen-bond donors (Lipinski definition) is 1. The largest absolute Gasteiger partial charge is 0.607 e. The molecule has 1 aliphatic heterocycles. The molecular formula is C23H32BNO4. The van der Waals surface area contributed by atoms with Crippen molar-refractivity contribution in [3.8, 4) is 0 Å². The zero-order chi connectivity index (χ0) is 20.9. The molecule has 1 saturated heterocycles. The third-order valence-electron chi connectivity index (χ3n) is 8.01. The predicted octanol–water partition coefficient (Wildman–Crippen LogP) is 3.21. The molecule has 0 spiro atoms. The van der Waals surface area contributed by atoms with Gasteiger partial charge in [0.15, 0.2) is 5.78 Å². The number of fused-ring (bicyclic) bond motifs is 2. The Hall–Kier alpha value is -1.92. The Kier molecular flexibility index (Phi) is 4.98. The first-order valence-corrected chi connectivity index (χ1v) is 10.8. The molecule has 3 aliphatic carbocycles. The third kappa shape index (κ3) is 3.46. The number of ketones is 1. The molecule has 0 aromatic heterocycles. The van der Waals surface area contributed by atoms with E-state index >= 15 is 0 Å². The highest BCUT2D eigenvalue weighted by Gasteiger charge is 2.60. The molecule has 1 heterocycles. The summed E-state index contributed by atoms with van der Waals surface area (Å²) >= 11 is 0. The number of benzene rings is 1. The summed E-state index contributed by atoms with van der Waals surface area (Å²) in [6, 6.07) is 9.65. The summed E-state index contributed by atoms with van der Waals surface area (Å²) in [6.45, 7) is 4.37. The van der Waals surface area contributed by atoms with Crippen LogP contribution in [-0.2, 0) is 14.2 Å². The summed E-state index contributed by atoms with van der Waals surface area (Å²) in [5, 5.41) is 11.6. The van der Waals surface area contributed by atoms with Gasteiger partial charge in [-0.15, -0.1) is 5.98 Å². The minimum Gasteiger partial charge on any atom is -0.607 e. The third-order valence-corrected chi connectivity index (χ3v) is 8.01. The maximum atomic E-state index is 12.4. The van der Waals surface area contributed by atoms with Crippen LogP contribution in [0.2, 0.25) is 0 Å². The first-order valence-electron chi connectivity index (χ1n) is 10.8. The fourth-order valence-corrected chi connectivity index (χ4v) is 6.31. The molecule has 0 amide bonds. The lowest BCUT2D eigenvalue weighted by atomic mass is 9.45. The fourth-order valence-electron chi connectivity index (χ4n) is 6.31. The van der Waals surface area contributed by atoms with E-state index in [2.05, 4.69) is 13.8 Å². The topological polar surface area (TPSA) is 63.6 Å². The van der Waals surface area contributed by atoms with Crippen molar-refractivity contribution in [3.63, 3.8) is 0 Å². The van der Waals surface area contributed by atoms with Gasteiger partial charge in [-0.1, -0.05) is 50.3 Å². The van der Waals surface area contributed by atoms with Crippen LogP contribution < -0.4 is 0 Å². The number of rotatable bonds is 6. The van der Waals surface area contributed by atoms with Crippen molar-refractivity contribution in [2.75, 3.05) is 19.6 Å². The summed E-state index contributed by atoms with van der Waals surface area (Å²) in [7, 11) is 0. The number of carbonyl (C=O) groups is 2. The summed E-state index contributed by atoms with van der Waals surface area (Å²) in [5.74, 6) is 2.93. The molecule has 5 rings (SSSR count). The summed E-state index contributed by atoms with van der Waals surface area (Å²) in [4.78, 5) is 24.6. The average molecular weight is 397 g/mol. The maximum Gasteiger partial charge on any atom is 0.549 e. The molecule has 6 heteroatoms. The highest BCUT2D eigenvalue weighted by atomic mass is 16.6. The van der Waals surface area contributed by atoms with Gasteiger partial charge < -0.3 is 14.1 Å². The van der Waals surface area contributed by atoms with Crippen LogP contribution in [0.1, 0.15) is 45.6 Å². The molecule has 1 aromatic rings. The molecule has 5 atom stereocenters. The second kappa shape index (κ2) is 7.10. The minimum absolute atomic E-state index is 0.0133. The van der Waals surface area contributed by atoms with Gasteiger partial charge in [-0.25, -0.2) is 0 Å². The molecular weight excluding hydrogens is 365 g/mol.